The molecule has 2 nitrogen and oxygen atoms in total. The predicted molar refractivity (Wildman–Crippen MR) is 105 cm³/mol. The molecule has 0 aromatic heterocycles. The molecule has 3 heteroatoms. The molecule has 0 heterocycles. The minimum Gasteiger partial charge on any atom is -0.372 e. The van der Waals surface area contributed by atoms with Gasteiger partial charge in [0.2, 0.25) is 0 Å². The lowest BCUT2D eigenvalue weighted by Crippen LogP contribution is -2.41. The summed E-state index contributed by atoms with van der Waals surface area (Å²) >= 11 is 1.78. The van der Waals surface area contributed by atoms with Gasteiger partial charge in [0.05, 0.1) is 11.7 Å². The molecular weight excluding hydrogens is 328 g/mol. The Balaban J connectivity index is 1.88. The first-order valence-corrected chi connectivity index (χ1v) is 10.5. The highest BCUT2D eigenvalue weighted by Crippen LogP contribution is 2.55. The lowest BCUT2D eigenvalue weighted by Gasteiger charge is -2.42. The van der Waals surface area contributed by atoms with Gasteiger partial charge in [-0.15, -0.1) is 11.8 Å². The summed E-state index contributed by atoms with van der Waals surface area (Å²) in [6.07, 6.45) is 5.01. The molecule has 1 aromatic carbocycles. The predicted octanol–water partition coefficient (Wildman–Crippen LogP) is 5.81. The van der Waals surface area contributed by atoms with E-state index in [0.717, 1.165) is 37.0 Å². The average Bonchev–Trinajstić information content (AvgIpc) is 2.92. The zero-order chi connectivity index (χ0) is 18.1. The van der Waals surface area contributed by atoms with Crippen LogP contribution in [0.3, 0.4) is 0 Å². The van der Waals surface area contributed by atoms with E-state index in [4.69, 9.17) is 4.74 Å². The fourth-order valence-electron chi connectivity index (χ4n) is 4.47. The van der Waals surface area contributed by atoms with Gasteiger partial charge in [-0.25, -0.2) is 0 Å². The third-order valence-electron chi connectivity index (χ3n) is 5.63. The number of ether oxygens (including phenoxy) is 1. The van der Waals surface area contributed by atoms with Crippen molar-refractivity contribution in [3.8, 4) is 0 Å². The first-order chi connectivity index (χ1) is 11.9. The summed E-state index contributed by atoms with van der Waals surface area (Å²) in [7, 11) is 0. The Morgan fingerprint density at radius 2 is 1.92 bits per heavy atom. The third-order valence-corrected chi connectivity index (χ3v) is 6.66. The molecule has 3 rings (SSSR count). The fraction of sp³-hybridized carbons (Fsp3) is 0.591. The molecule has 0 unspecified atom stereocenters. The van der Waals surface area contributed by atoms with Crippen molar-refractivity contribution in [1.82, 2.24) is 0 Å². The zero-order valence-corrected chi connectivity index (χ0v) is 16.7. The second-order valence-electron chi connectivity index (χ2n) is 8.25. The van der Waals surface area contributed by atoms with E-state index in [1.165, 1.54) is 10.5 Å². The van der Waals surface area contributed by atoms with Crippen molar-refractivity contribution in [2.24, 2.45) is 5.41 Å². The molecule has 136 valence electrons. The number of carbonyl (C=O) groups is 1. The summed E-state index contributed by atoms with van der Waals surface area (Å²) in [6.45, 7) is 8.68. The van der Waals surface area contributed by atoms with Crippen molar-refractivity contribution in [2.75, 3.05) is 5.75 Å². The van der Waals surface area contributed by atoms with Crippen molar-refractivity contribution in [2.45, 2.75) is 76.4 Å². The molecule has 2 atom stereocenters. The second kappa shape index (κ2) is 7.28. The summed E-state index contributed by atoms with van der Waals surface area (Å²) in [6, 6.07) is 10.4. The van der Waals surface area contributed by atoms with Gasteiger partial charge in [0.15, 0.2) is 5.78 Å². The molecule has 0 saturated heterocycles. The van der Waals surface area contributed by atoms with Gasteiger partial charge in [-0.3, -0.25) is 4.79 Å². The van der Waals surface area contributed by atoms with Gasteiger partial charge in [-0.05, 0) is 58.6 Å². The van der Waals surface area contributed by atoms with Crippen molar-refractivity contribution in [3.05, 3.63) is 41.5 Å². The van der Waals surface area contributed by atoms with Crippen LogP contribution in [0, 0.1) is 5.41 Å². The smallest absolute Gasteiger partial charge is 0.159 e. The first-order valence-electron chi connectivity index (χ1n) is 9.47. The van der Waals surface area contributed by atoms with Crippen LogP contribution >= 0.6 is 11.8 Å². The van der Waals surface area contributed by atoms with E-state index in [0.29, 0.717) is 12.2 Å². The van der Waals surface area contributed by atoms with Gasteiger partial charge in [0.1, 0.15) is 0 Å². The molecule has 2 aliphatic rings. The van der Waals surface area contributed by atoms with Crippen molar-refractivity contribution in [1.29, 1.82) is 0 Å². The van der Waals surface area contributed by atoms with E-state index in [9.17, 15) is 4.79 Å². The van der Waals surface area contributed by atoms with Crippen molar-refractivity contribution < 1.29 is 9.53 Å². The van der Waals surface area contributed by atoms with Gasteiger partial charge < -0.3 is 4.74 Å². The molecule has 0 radical (unpaired) electrons. The van der Waals surface area contributed by atoms with Crippen LogP contribution in [0.5, 0.6) is 0 Å². The van der Waals surface area contributed by atoms with E-state index >= 15 is 0 Å². The molecule has 2 aliphatic carbocycles. The van der Waals surface area contributed by atoms with Crippen molar-refractivity contribution in [3.63, 3.8) is 0 Å². The Hall–Kier alpha value is -1.06. The molecule has 0 spiro atoms. The molecule has 1 saturated carbocycles. The molecule has 0 N–H and O–H groups in total. The zero-order valence-electron chi connectivity index (χ0n) is 15.9. The largest absolute Gasteiger partial charge is 0.372 e. The molecule has 0 amide bonds. The number of thioether (sulfide) groups is 1. The number of rotatable bonds is 5. The molecule has 25 heavy (non-hydrogen) atoms. The van der Waals surface area contributed by atoms with Crippen LogP contribution < -0.4 is 0 Å². The summed E-state index contributed by atoms with van der Waals surface area (Å²) in [5, 5.41) is 0. The molecular formula is C22H30O2S. The van der Waals surface area contributed by atoms with E-state index in [1.807, 2.05) is 6.07 Å². The normalized spacial score (nSPS) is 26.9. The topological polar surface area (TPSA) is 26.3 Å². The molecule has 0 aliphatic heterocycles. The number of hydrogen-bond donors (Lipinski definition) is 0. The van der Waals surface area contributed by atoms with Crippen LogP contribution in [0.4, 0.5) is 0 Å². The molecule has 0 bridgehead atoms. The highest BCUT2D eigenvalue weighted by Gasteiger charge is 2.50. The minimum absolute atomic E-state index is 0.0772. The number of fused-ring (bicyclic) bond motifs is 1. The highest BCUT2D eigenvalue weighted by atomic mass is 32.2. The summed E-state index contributed by atoms with van der Waals surface area (Å²) in [5.41, 5.74) is 2.43. The minimum atomic E-state index is -0.136. The highest BCUT2D eigenvalue weighted by molar-refractivity contribution is 7.99. The second-order valence-corrected chi connectivity index (χ2v) is 9.30. The SMILES string of the molecule is CC[C@@]12CCC(=O)C(CSc3ccccc3)=C1CC[C@H]2OC(C)(C)C. The summed E-state index contributed by atoms with van der Waals surface area (Å²) in [5.74, 6) is 1.15. The van der Waals surface area contributed by atoms with Gasteiger partial charge in [0, 0.05) is 28.1 Å². The van der Waals surface area contributed by atoms with Gasteiger partial charge in [-0.2, -0.15) is 0 Å². The van der Waals surface area contributed by atoms with Gasteiger partial charge in [-0.1, -0.05) is 30.7 Å². The van der Waals surface area contributed by atoms with Gasteiger partial charge in [0.25, 0.3) is 0 Å². The van der Waals surface area contributed by atoms with Crippen LogP contribution in [0.15, 0.2) is 46.4 Å². The Kier molecular flexibility index (Phi) is 5.45. The standard InChI is InChI=1S/C22H30O2S/c1-5-22-14-13-19(23)17(15-25-16-9-7-6-8-10-16)18(22)11-12-20(22)24-21(2,3)4/h6-10,20H,5,11-15H2,1-4H3/t20-,22-/m1/s1. The number of ketones is 1. The van der Waals surface area contributed by atoms with E-state index in [2.05, 4.69) is 52.0 Å². The number of hydrogen-bond acceptors (Lipinski definition) is 3. The maximum absolute atomic E-state index is 12.7. The Morgan fingerprint density at radius 1 is 1.20 bits per heavy atom. The Morgan fingerprint density at radius 3 is 2.56 bits per heavy atom. The monoisotopic (exact) mass is 358 g/mol. The number of Topliss-reactive ketones (excluding diaryl/α,β-unsaturated/α-hetero) is 1. The molecule has 1 fully saturated rings. The lowest BCUT2D eigenvalue weighted by molar-refractivity contribution is -0.121. The third kappa shape index (κ3) is 3.88. The van der Waals surface area contributed by atoms with E-state index in [1.54, 1.807) is 11.8 Å². The van der Waals surface area contributed by atoms with Gasteiger partial charge >= 0.3 is 0 Å². The summed E-state index contributed by atoms with van der Waals surface area (Å²) in [4.78, 5) is 13.9. The fourth-order valence-corrected chi connectivity index (χ4v) is 5.47. The maximum atomic E-state index is 12.7. The van der Waals surface area contributed by atoms with E-state index < -0.39 is 0 Å². The van der Waals surface area contributed by atoms with E-state index in [-0.39, 0.29) is 17.1 Å². The van der Waals surface area contributed by atoms with Crippen LogP contribution in [-0.2, 0) is 9.53 Å². The van der Waals surface area contributed by atoms with Crippen LogP contribution in [0.2, 0.25) is 0 Å². The average molecular weight is 359 g/mol. The van der Waals surface area contributed by atoms with Crippen molar-refractivity contribution >= 4 is 17.5 Å². The van der Waals surface area contributed by atoms with Crippen LogP contribution in [0.25, 0.3) is 0 Å². The Bertz CT molecular complexity index is 656. The maximum Gasteiger partial charge on any atom is 0.159 e. The lowest BCUT2D eigenvalue weighted by atomic mass is 9.68. The Labute approximate surface area is 156 Å². The number of benzene rings is 1. The van der Waals surface area contributed by atoms with Crippen LogP contribution in [-0.4, -0.2) is 23.2 Å². The summed E-state index contributed by atoms with van der Waals surface area (Å²) < 4.78 is 6.46. The number of carbonyl (C=O) groups excluding carboxylic acids is 1. The van der Waals surface area contributed by atoms with Crippen LogP contribution in [0.1, 0.15) is 59.8 Å². The quantitative estimate of drug-likeness (QED) is 0.621. The first kappa shape index (κ1) is 18.7. The molecule has 1 aromatic rings.